The van der Waals surface area contributed by atoms with Crippen LogP contribution < -0.4 is 15.4 Å². The third-order valence-electron chi connectivity index (χ3n) is 3.40. The largest absolute Gasteiger partial charge is 0.482 e. The maximum Gasteiger partial charge on any atom is 0.326 e. The molecule has 1 aliphatic heterocycles. The van der Waals surface area contributed by atoms with Crippen LogP contribution in [0, 0.1) is 0 Å². The van der Waals surface area contributed by atoms with Crippen LogP contribution in [0.5, 0.6) is 5.75 Å². The number of benzene rings is 1. The first kappa shape index (κ1) is 15.3. The molecule has 0 bridgehead atoms. The molecule has 0 saturated heterocycles. The lowest BCUT2D eigenvalue weighted by Gasteiger charge is -2.29. The number of hydrogen-bond acceptors (Lipinski definition) is 5. The Labute approximate surface area is 123 Å². The van der Waals surface area contributed by atoms with Gasteiger partial charge in [-0.05, 0) is 31.0 Å². The molecule has 1 aromatic rings. The molecule has 1 amide bonds. The number of rotatable bonds is 5. The zero-order valence-electron chi connectivity index (χ0n) is 12.3. The van der Waals surface area contributed by atoms with Gasteiger partial charge in [0, 0.05) is 6.54 Å². The van der Waals surface area contributed by atoms with E-state index in [2.05, 4.69) is 0 Å². The van der Waals surface area contributed by atoms with Crippen LogP contribution in [-0.2, 0) is 20.9 Å². The first-order valence-corrected chi connectivity index (χ1v) is 7.00. The molecule has 1 unspecified atom stereocenters. The smallest absolute Gasteiger partial charge is 0.326 e. The molecule has 2 rings (SSSR count). The Hall–Kier alpha value is -2.08. The first-order chi connectivity index (χ1) is 10.0. The lowest BCUT2D eigenvalue weighted by Crippen LogP contribution is -2.42. The molecule has 1 aromatic carbocycles. The van der Waals surface area contributed by atoms with Crippen molar-refractivity contribution in [3.8, 4) is 5.75 Å². The van der Waals surface area contributed by atoms with Gasteiger partial charge in [-0.3, -0.25) is 14.5 Å². The second-order valence-electron chi connectivity index (χ2n) is 4.98. The van der Waals surface area contributed by atoms with Crippen LogP contribution in [0.25, 0.3) is 0 Å². The van der Waals surface area contributed by atoms with Crippen LogP contribution in [0.3, 0.4) is 0 Å². The van der Waals surface area contributed by atoms with Gasteiger partial charge in [0.05, 0.1) is 11.8 Å². The van der Waals surface area contributed by atoms with E-state index in [0.717, 1.165) is 12.0 Å². The van der Waals surface area contributed by atoms with Gasteiger partial charge in [-0.25, -0.2) is 0 Å². The molecule has 1 heterocycles. The van der Waals surface area contributed by atoms with E-state index >= 15 is 0 Å². The van der Waals surface area contributed by atoms with Crippen molar-refractivity contribution < 1.29 is 19.1 Å². The van der Waals surface area contributed by atoms with Crippen molar-refractivity contribution in [2.24, 2.45) is 5.73 Å². The van der Waals surface area contributed by atoms with E-state index in [9.17, 15) is 9.59 Å². The predicted molar refractivity (Wildman–Crippen MR) is 78.0 cm³/mol. The van der Waals surface area contributed by atoms with E-state index in [4.69, 9.17) is 15.2 Å². The second kappa shape index (κ2) is 6.58. The Morgan fingerprint density at radius 3 is 2.95 bits per heavy atom. The van der Waals surface area contributed by atoms with Crippen molar-refractivity contribution in [3.05, 3.63) is 23.8 Å². The van der Waals surface area contributed by atoms with E-state index in [1.165, 1.54) is 4.90 Å². The predicted octanol–water partition coefficient (Wildman–Crippen LogP) is 1.21. The summed E-state index contributed by atoms with van der Waals surface area (Å²) in [6.07, 6.45) is 0.576. The monoisotopic (exact) mass is 292 g/mol. The molecule has 1 atom stereocenters. The van der Waals surface area contributed by atoms with Gasteiger partial charge >= 0.3 is 5.97 Å². The van der Waals surface area contributed by atoms with Crippen molar-refractivity contribution in [1.29, 1.82) is 0 Å². The number of fused-ring (bicyclic) bond motifs is 1. The van der Waals surface area contributed by atoms with Gasteiger partial charge < -0.3 is 15.2 Å². The molecule has 0 radical (unpaired) electrons. The summed E-state index contributed by atoms with van der Waals surface area (Å²) in [7, 11) is 0. The Morgan fingerprint density at radius 1 is 1.52 bits per heavy atom. The first-order valence-electron chi connectivity index (χ1n) is 7.00. The second-order valence-corrected chi connectivity index (χ2v) is 4.98. The molecule has 0 aliphatic carbocycles. The molecule has 0 spiro atoms. The van der Waals surface area contributed by atoms with Gasteiger partial charge in [0.15, 0.2) is 6.61 Å². The lowest BCUT2D eigenvalue weighted by molar-refractivity contribution is -0.147. The Bertz CT molecular complexity index is 544. The van der Waals surface area contributed by atoms with Crippen LogP contribution in [-0.4, -0.2) is 31.1 Å². The average molecular weight is 292 g/mol. The highest BCUT2D eigenvalue weighted by atomic mass is 16.5. The Morgan fingerprint density at radius 2 is 2.29 bits per heavy atom. The van der Waals surface area contributed by atoms with E-state index in [1.54, 1.807) is 12.1 Å². The highest BCUT2D eigenvalue weighted by Gasteiger charge is 2.28. The lowest BCUT2D eigenvalue weighted by atomic mass is 10.1. The number of hydrogen-bond donors (Lipinski definition) is 1. The zero-order valence-corrected chi connectivity index (χ0v) is 12.3. The van der Waals surface area contributed by atoms with Crippen LogP contribution in [0.15, 0.2) is 18.2 Å². The summed E-state index contributed by atoms with van der Waals surface area (Å²) in [4.78, 5) is 25.2. The maximum atomic E-state index is 12.0. The highest BCUT2D eigenvalue weighted by Crippen LogP contribution is 2.32. The quantitative estimate of drug-likeness (QED) is 0.825. The number of anilines is 1. The fourth-order valence-electron chi connectivity index (χ4n) is 2.02. The van der Waals surface area contributed by atoms with E-state index in [0.29, 0.717) is 18.0 Å². The number of ether oxygens (including phenoxy) is 2. The molecule has 6 heteroatoms. The number of carbonyl (C=O) groups is 2. The summed E-state index contributed by atoms with van der Waals surface area (Å²) in [5, 5.41) is 0. The van der Waals surface area contributed by atoms with E-state index in [1.807, 2.05) is 19.9 Å². The fraction of sp³-hybridized carbons (Fsp3) is 0.467. The minimum absolute atomic E-state index is 0.0857. The van der Waals surface area contributed by atoms with Gasteiger partial charge in [0.2, 0.25) is 0 Å². The molecule has 6 nitrogen and oxygen atoms in total. The number of nitrogens with two attached hydrogens (primary N) is 1. The Balaban J connectivity index is 2.16. The summed E-state index contributed by atoms with van der Waals surface area (Å²) in [5.74, 6) is -0.119. The summed E-state index contributed by atoms with van der Waals surface area (Å²) >= 11 is 0. The SMILES string of the molecule is CCC(C)OC(=O)CN1C(=O)COc2cc(CN)ccc21. The minimum atomic E-state index is -0.423. The normalized spacial score (nSPS) is 15.2. The third kappa shape index (κ3) is 3.52. The molecular formula is C15H20N2O4. The topological polar surface area (TPSA) is 81.9 Å². The van der Waals surface area contributed by atoms with Crippen molar-refractivity contribution in [2.45, 2.75) is 32.9 Å². The van der Waals surface area contributed by atoms with Crippen molar-refractivity contribution in [2.75, 3.05) is 18.1 Å². The summed E-state index contributed by atoms with van der Waals surface area (Å²) in [6, 6.07) is 5.34. The summed E-state index contributed by atoms with van der Waals surface area (Å²) < 4.78 is 10.6. The minimum Gasteiger partial charge on any atom is -0.482 e. The van der Waals surface area contributed by atoms with Crippen LogP contribution in [0.2, 0.25) is 0 Å². The van der Waals surface area contributed by atoms with Crippen molar-refractivity contribution in [3.63, 3.8) is 0 Å². The standard InChI is InChI=1S/C15H20N2O4/c1-3-10(2)21-15(19)8-17-12-5-4-11(7-16)6-13(12)20-9-14(17)18/h4-6,10H,3,7-9,16H2,1-2H3. The van der Waals surface area contributed by atoms with Gasteiger partial charge in [0.1, 0.15) is 12.3 Å². The summed E-state index contributed by atoms with van der Waals surface area (Å²) in [6.45, 7) is 3.95. The molecule has 114 valence electrons. The van der Waals surface area contributed by atoms with E-state index in [-0.39, 0.29) is 25.2 Å². The van der Waals surface area contributed by atoms with Crippen LogP contribution in [0.4, 0.5) is 5.69 Å². The van der Waals surface area contributed by atoms with Gasteiger partial charge in [-0.1, -0.05) is 13.0 Å². The molecular weight excluding hydrogens is 272 g/mol. The molecule has 0 fully saturated rings. The fourth-order valence-corrected chi connectivity index (χ4v) is 2.02. The third-order valence-corrected chi connectivity index (χ3v) is 3.40. The molecule has 1 aliphatic rings. The molecule has 0 aromatic heterocycles. The molecule has 0 saturated carbocycles. The van der Waals surface area contributed by atoms with Gasteiger partial charge in [-0.15, -0.1) is 0 Å². The van der Waals surface area contributed by atoms with Crippen LogP contribution >= 0.6 is 0 Å². The zero-order chi connectivity index (χ0) is 15.4. The number of amides is 1. The maximum absolute atomic E-state index is 12.0. The van der Waals surface area contributed by atoms with Crippen molar-refractivity contribution >= 4 is 17.6 Å². The Kier molecular flexibility index (Phi) is 4.80. The van der Waals surface area contributed by atoms with Crippen LogP contribution in [0.1, 0.15) is 25.8 Å². The molecule has 21 heavy (non-hydrogen) atoms. The van der Waals surface area contributed by atoms with E-state index < -0.39 is 5.97 Å². The average Bonchev–Trinajstić information content (AvgIpc) is 2.49. The van der Waals surface area contributed by atoms with Gasteiger partial charge in [0.25, 0.3) is 5.91 Å². The number of nitrogens with zero attached hydrogens (tertiary/aromatic N) is 1. The summed E-state index contributed by atoms with van der Waals surface area (Å²) in [5.41, 5.74) is 7.07. The number of esters is 1. The van der Waals surface area contributed by atoms with Crippen molar-refractivity contribution in [1.82, 2.24) is 0 Å². The molecule has 2 N–H and O–H groups in total. The highest BCUT2D eigenvalue weighted by molar-refractivity contribution is 6.01. The van der Waals surface area contributed by atoms with Gasteiger partial charge in [-0.2, -0.15) is 0 Å². The number of carbonyl (C=O) groups excluding carboxylic acids is 2.